The molecule has 3 aliphatic rings. The highest BCUT2D eigenvalue weighted by Crippen LogP contribution is 2.35. The first-order valence-corrected chi connectivity index (χ1v) is 9.47. The van der Waals surface area contributed by atoms with Crippen molar-refractivity contribution >= 4 is 23.6 Å². The summed E-state index contributed by atoms with van der Waals surface area (Å²) in [4.78, 5) is 37.2. The monoisotopic (exact) mass is 393 g/mol. The summed E-state index contributed by atoms with van der Waals surface area (Å²) in [6, 6.07) is 1.97. The van der Waals surface area contributed by atoms with Crippen LogP contribution in [0.5, 0.6) is 0 Å². The van der Waals surface area contributed by atoms with Crippen LogP contribution in [0.1, 0.15) is 43.6 Å². The van der Waals surface area contributed by atoms with Crippen LogP contribution < -0.4 is 15.5 Å². The second-order valence-electron chi connectivity index (χ2n) is 7.45. The molecule has 2 saturated heterocycles. The normalized spacial score (nSPS) is 22.9. The SMILES string of the molecule is O=C1CC[C@@H](c2c(F)cc(N(C(=O)OC3CNC3)C3CCC3)cc2F)C(=O)N1. The van der Waals surface area contributed by atoms with Crippen molar-refractivity contribution in [2.75, 3.05) is 18.0 Å². The highest BCUT2D eigenvalue weighted by Gasteiger charge is 2.36. The number of piperidine rings is 1. The van der Waals surface area contributed by atoms with Gasteiger partial charge >= 0.3 is 6.09 Å². The van der Waals surface area contributed by atoms with E-state index in [2.05, 4.69) is 10.6 Å². The van der Waals surface area contributed by atoms with Gasteiger partial charge in [-0.2, -0.15) is 0 Å². The number of benzene rings is 1. The standard InChI is InChI=1S/C19H21F2N3O4/c20-14-6-11(7-15(21)17(14)13-4-5-16(25)23-18(13)26)24(10-2-1-3-10)19(27)28-12-8-22-9-12/h6-7,10,12-13,22H,1-5,8-9H2,(H,23,25,26)/t13-/m0/s1. The third-order valence-corrected chi connectivity index (χ3v) is 5.58. The average molecular weight is 393 g/mol. The van der Waals surface area contributed by atoms with Gasteiger partial charge in [-0.3, -0.25) is 19.8 Å². The molecule has 2 N–H and O–H groups in total. The Bertz CT molecular complexity index is 800. The van der Waals surface area contributed by atoms with E-state index >= 15 is 0 Å². The van der Waals surface area contributed by atoms with E-state index in [1.54, 1.807) is 0 Å². The lowest BCUT2D eigenvalue weighted by Gasteiger charge is -2.38. The molecule has 3 amide bonds. The molecule has 1 aromatic carbocycles. The van der Waals surface area contributed by atoms with E-state index in [-0.39, 0.29) is 36.2 Å². The van der Waals surface area contributed by atoms with Crippen molar-refractivity contribution in [3.63, 3.8) is 0 Å². The first kappa shape index (κ1) is 18.8. The summed E-state index contributed by atoms with van der Waals surface area (Å²) >= 11 is 0. The van der Waals surface area contributed by atoms with E-state index in [4.69, 9.17) is 4.74 Å². The van der Waals surface area contributed by atoms with Crippen LogP contribution in [0, 0.1) is 11.6 Å². The Morgan fingerprint density at radius 3 is 2.29 bits per heavy atom. The minimum Gasteiger partial charge on any atom is -0.443 e. The molecular formula is C19H21F2N3O4. The van der Waals surface area contributed by atoms with E-state index < -0.39 is 35.5 Å². The van der Waals surface area contributed by atoms with Gasteiger partial charge in [0.1, 0.15) is 17.7 Å². The average Bonchev–Trinajstić information content (AvgIpc) is 2.55. The zero-order valence-corrected chi connectivity index (χ0v) is 15.2. The first-order chi connectivity index (χ1) is 13.4. The quantitative estimate of drug-likeness (QED) is 0.764. The summed E-state index contributed by atoms with van der Waals surface area (Å²) in [7, 11) is 0. The van der Waals surface area contributed by atoms with E-state index in [0.29, 0.717) is 13.1 Å². The van der Waals surface area contributed by atoms with Crippen LogP contribution in [0.25, 0.3) is 0 Å². The Kier molecular flexibility index (Phi) is 5.01. The van der Waals surface area contributed by atoms with Crippen LogP contribution in [0.2, 0.25) is 0 Å². The number of nitrogens with one attached hydrogen (secondary N) is 2. The second kappa shape index (κ2) is 7.46. The molecule has 1 saturated carbocycles. The Labute approximate surface area is 160 Å². The molecule has 9 heteroatoms. The number of rotatable bonds is 4. The van der Waals surface area contributed by atoms with Crippen molar-refractivity contribution in [3.05, 3.63) is 29.3 Å². The summed E-state index contributed by atoms with van der Waals surface area (Å²) in [6.07, 6.45) is 1.59. The van der Waals surface area contributed by atoms with Crippen molar-refractivity contribution in [1.29, 1.82) is 0 Å². The Hall–Kier alpha value is -2.55. The van der Waals surface area contributed by atoms with Crippen molar-refractivity contribution in [2.24, 2.45) is 0 Å². The third-order valence-electron chi connectivity index (χ3n) is 5.58. The molecule has 1 atom stereocenters. The lowest BCUT2D eigenvalue weighted by atomic mass is 9.88. The number of halogens is 2. The number of hydrogen-bond donors (Lipinski definition) is 2. The molecule has 0 spiro atoms. The summed E-state index contributed by atoms with van der Waals surface area (Å²) in [5, 5.41) is 5.10. The fraction of sp³-hybridized carbons (Fsp3) is 0.526. The molecule has 1 aliphatic carbocycles. The molecule has 1 aromatic rings. The van der Waals surface area contributed by atoms with Gasteiger partial charge in [0.25, 0.3) is 0 Å². The zero-order chi connectivity index (χ0) is 19.8. The number of ether oxygens (including phenoxy) is 1. The van der Waals surface area contributed by atoms with Crippen LogP contribution in [-0.4, -0.2) is 43.1 Å². The number of carbonyl (C=O) groups excluding carboxylic acids is 3. The highest BCUT2D eigenvalue weighted by atomic mass is 19.1. The van der Waals surface area contributed by atoms with Crippen LogP contribution in [0.15, 0.2) is 12.1 Å². The predicted molar refractivity (Wildman–Crippen MR) is 94.7 cm³/mol. The largest absolute Gasteiger partial charge is 0.443 e. The molecule has 150 valence electrons. The molecule has 2 aliphatic heterocycles. The second-order valence-corrected chi connectivity index (χ2v) is 7.45. The molecule has 4 rings (SSSR count). The fourth-order valence-electron chi connectivity index (χ4n) is 3.67. The van der Waals surface area contributed by atoms with E-state index in [9.17, 15) is 23.2 Å². The number of hydrogen-bond acceptors (Lipinski definition) is 5. The number of amides is 3. The number of anilines is 1. The number of nitrogens with zero attached hydrogens (tertiary/aromatic N) is 1. The highest BCUT2D eigenvalue weighted by molar-refractivity contribution is 6.01. The van der Waals surface area contributed by atoms with Gasteiger partial charge in [0.2, 0.25) is 11.8 Å². The maximum Gasteiger partial charge on any atom is 0.414 e. The summed E-state index contributed by atoms with van der Waals surface area (Å²) in [5.74, 6) is -4.06. The van der Waals surface area contributed by atoms with E-state index in [1.807, 2.05) is 0 Å². The van der Waals surface area contributed by atoms with E-state index in [0.717, 1.165) is 31.4 Å². The van der Waals surface area contributed by atoms with Crippen LogP contribution in [-0.2, 0) is 14.3 Å². The Balaban J connectivity index is 1.62. The van der Waals surface area contributed by atoms with Crippen molar-refractivity contribution in [1.82, 2.24) is 10.6 Å². The number of imide groups is 1. The smallest absolute Gasteiger partial charge is 0.414 e. The lowest BCUT2D eigenvalue weighted by Crippen LogP contribution is -2.53. The van der Waals surface area contributed by atoms with Gasteiger partial charge in [-0.05, 0) is 37.8 Å². The van der Waals surface area contributed by atoms with E-state index in [1.165, 1.54) is 4.90 Å². The van der Waals surface area contributed by atoms with Gasteiger partial charge in [-0.25, -0.2) is 13.6 Å². The van der Waals surface area contributed by atoms with Gasteiger partial charge in [0.05, 0.1) is 11.6 Å². The molecule has 2 heterocycles. The summed E-state index contributed by atoms with van der Waals surface area (Å²) in [6.45, 7) is 1.11. The molecule has 0 aromatic heterocycles. The molecule has 0 unspecified atom stereocenters. The van der Waals surface area contributed by atoms with Crippen LogP contribution in [0.3, 0.4) is 0 Å². The minimum atomic E-state index is -1.07. The van der Waals surface area contributed by atoms with Crippen molar-refractivity contribution in [2.45, 2.75) is 50.2 Å². The Morgan fingerprint density at radius 2 is 1.79 bits per heavy atom. The van der Waals surface area contributed by atoms with Crippen LogP contribution >= 0.6 is 0 Å². The molecule has 28 heavy (non-hydrogen) atoms. The summed E-state index contributed by atoms with van der Waals surface area (Å²) in [5.41, 5.74) is -0.299. The third kappa shape index (κ3) is 3.46. The fourth-order valence-corrected chi connectivity index (χ4v) is 3.67. The lowest BCUT2D eigenvalue weighted by molar-refractivity contribution is -0.134. The van der Waals surface area contributed by atoms with Crippen molar-refractivity contribution in [3.8, 4) is 0 Å². The molecule has 7 nitrogen and oxygen atoms in total. The maximum atomic E-state index is 14.8. The zero-order valence-electron chi connectivity index (χ0n) is 15.2. The van der Waals surface area contributed by atoms with Gasteiger partial charge < -0.3 is 10.1 Å². The summed E-state index contributed by atoms with van der Waals surface area (Å²) < 4.78 is 35.0. The first-order valence-electron chi connectivity index (χ1n) is 9.47. The van der Waals surface area contributed by atoms with Crippen LogP contribution in [0.4, 0.5) is 19.3 Å². The molecular weight excluding hydrogens is 372 g/mol. The molecule has 0 bridgehead atoms. The van der Waals surface area contributed by atoms with Gasteiger partial charge in [-0.15, -0.1) is 0 Å². The number of carbonyl (C=O) groups is 3. The minimum absolute atomic E-state index is 0.0208. The maximum absolute atomic E-state index is 14.8. The molecule has 0 radical (unpaired) electrons. The van der Waals surface area contributed by atoms with Gasteiger partial charge in [0.15, 0.2) is 0 Å². The van der Waals surface area contributed by atoms with Gasteiger partial charge in [0, 0.05) is 31.1 Å². The predicted octanol–water partition coefficient (Wildman–Crippen LogP) is 1.95. The van der Waals surface area contributed by atoms with Crippen molar-refractivity contribution < 1.29 is 27.9 Å². The topological polar surface area (TPSA) is 87.7 Å². The Morgan fingerprint density at radius 1 is 1.11 bits per heavy atom. The van der Waals surface area contributed by atoms with Gasteiger partial charge in [-0.1, -0.05) is 0 Å². The molecule has 3 fully saturated rings.